The molecule has 1 saturated heterocycles. The number of carbonyl (C=O) groups excluding carboxylic acids is 1. The third kappa shape index (κ3) is 4.76. The molecule has 0 spiro atoms. The summed E-state index contributed by atoms with van der Waals surface area (Å²) >= 11 is 1.44. The molecule has 2 aromatic carbocycles. The Hall–Kier alpha value is -3.00. The number of benzene rings is 2. The van der Waals surface area contributed by atoms with Gasteiger partial charge >= 0.3 is 0 Å². The molecule has 0 bridgehead atoms. The first-order valence-corrected chi connectivity index (χ1v) is 11.0. The largest absolute Gasteiger partial charge is 0.508 e. The quantitative estimate of drug-likeness (QED) is 0.615. The van der Waals surface area contributed by atoms with Crippen LogP contribution in [0.3, 0.4) is 0 Å². The van der Waals surface area contributed by atoms with Gasteiger partial charge in [0.2, 0.25) is 5.91 Å². The molecule has 0 atom stereocenters. The number of aryl methyl sites for hydroxylation is 1. The molecule has 1 aromatic heterocycles. The van der Waals surface area contributed by atoms with Crippen molar-refractivity contribution in [2.24, 2.45) is 0 Å². The number of thioether (sulfide) groups is 1. The number of anilines is 1. The van der Waals surface area contributed by atoms with Crippen LogP contribution in [-0.4, -0.2) is 62.6 Å². The second kappa shape index (κ2) is 9.21. The molecule has 1 N–H and O–H groups in total. The number of phenols is 1. The van der Waals surface area contributed by atoms with Crippen LogP contribution in [0.15, 0.2) is 59.8 Å². The maximum Gasteiger partial charge on any atom is 0.233 e. The number of aromatic hydroxyl groups is 1. The number of piperazine rings is 1. The number of aromatic nitrogens is 3. The molecule has 7 nitrogen and oxygen atoms in total. The molecular formula is C22H25N5O2S. The summed E-state index contributed by atoms with van der Waals surface area (Å²) in [6, 6.07) is 17.4. The predicted molar refractivity (Wildman–Crippen MR) is 118 cm³/mol. The lowest BCUT2D eigenvalue weighted by Gasteiger charge is -2.36. The van der Waals surface area contributed by atoms with Crippen LogP contribution in [0.5, 0.6) is 5.75 Å². The van der Waals surface area contributed by atoms with E-state index >= 15 is 0 Å². The Balaban J connectivity index is 1.31. The van der Waals surface area contributed by atoms with Crippen LogP contribution in [0.25, 0.3) is 0 Å². The van der Waals surface area contributed by atoms with Gasteiger partial charge in [-0.05, 0) is 24.6 Å². The second-order valence-corrected chi connectivity index (χ2v) is 8.22. The van der Waals surface area contributed by atoms with Gasteiger partial charge in [-0.25, -0.2) is 0 Å². The van der Waals surface area contributed by atoms with E-state index in [0.29, 0.717) is 25.4 Å². The molecule has 0 radical (unpaired) electrons. The smallest absolute Gasteiger partial charge is 0.233 e. The van der Waals surface area contributed by atoms with Gasteiger partial charge in [-0.3, -0.25) is 4.79 Å². The molecule has 1 fully saturated rings. The van der Waals surface area contributed by atoms with Crippen molar-refractivity contribution in [2.45, 2.75) is 18.6 Å². The van der Waals surface area contributed by atoms with Gasteiger partial charge in [0.15, 0.2) is 5.16 Å². The summed E-state index contributed by atoms with van der Waals surface area (Å²) in [6.07, 6.45) is 0. The topological polar surface area (TPSA) is 74.5 Å². The fourth-order valence-corrected chi connectivity index (χ4v) is 4.42. The summed E-state index contributed by atoms with van der Waals surface area (Å²) in [7, 11) is 0. The number of hydrogen-bond acceptors (Lipinski definition) is 6. The molecule has 3 aromatic rings. The highest BCUT2D eigenvalue weighted by Gasteiger charge is 2.22. The molecule has 0 aliphatic carbocycles. The van der Waals surface area contributed by atoms with Crippen molar-refractivity contribution < 1.29 is 9.90 Å². The minimum absolute atomic E-state index is 0.113. The number of hydrogen-bond donors (Lipinski definition) is 1. The lowest BCUT2D eigenvalue weighted by atomic mass is 10.2. The molecule has 0 unspecified atom stereocenters. The molecule has 4 rings (SSSR count). The van der Waals surface area contributed by atoms with Crippen LogP contribution in [0.2, 0.25) is 0 Å². The van der Waals surface area contributed by atoms with Crippen molar-refractivity contribution in [2.75, 3.05) is 36.8 Å². The van der Waals surface area contributed by atoms with Gasteiger partial charge in [-0.2, -0.15) is 0 Å². The molecule has 8 heteroatoms. The molecule has 156 valence electrons. The minimum Gasteiger partial charge on any atom is -0.508 e. The Morgan fingerprint density at radius 3 is 2.53 bits per heavy atom. The maximum absolute atomic E-state index is 12.7. The van der Waals surface area contributed by atoms with E-state index in [0.717, 1.165) is 29.8 Å². The van der Waals surface area contributed by atoms with Gasteiger partial charge in [-0.1, -0.05) is 48.2 Å². The number of phenolic OH excluding ortho intramolecular Hbond substituents is 1. The van der Waals surface area contributed by atoms with Gasteiger partial charge in [0.25, 0.3) is 0 Å². The third-order valence-electron chi connectivity index (χ3n) is 5.24. The zero-order chi connectivity index (χ0) is 20.9. The van der Waals surface area contributed by atoms with Crippen LogP contribution >= 0.6 is 11.8 Å². The van der Waals surface area contributed by atoms with E-state index in [1.165, 1.54) is 17.3 Å². The highest BCUT2D eigenvalue weighted by molar-refractivity contribution is 7.99. The van der Waals surface area contributed by atoms with Crippen molar-refractivity contribution in [3.63, 3.8) is 0 Å². The molecule has 0 saturated carbocycles. The monoisotopic (exact) mass is 423 g/mol. The van der Waals surface area contributed by atoms with Gasteiger partial charge in [0, 0.05) is 37.9 Å². The predicted octanol–water partition coefficient (Wildman–Crippen LogP) is 2.78. The molecule has 1 aliphatic rings. The van der Waals surface area contributed by atoms with E-state index in [9.17, 15) is 9.90 Å². The number of rotatable bonds is 6. The Labute approximate surface area is 180 Å². The van der Waals surface area contributed by atoms with Crippen LogP contribution in [0, 0.1) is 6.92 Å². The lowest BCUT2D eigenvalue weighted by Crippen LogP contribution is -2.49. The number of carbonyl (C=O) groups is 1. The molecule has 30 heavy (non-hydrogen) atoms. The molecule has 1 aliphatic heterocycles. The van der Waals surface area contributed by atoms with Gasteiger partial charge in [0.05, 0.1) is 12.3 Å². The Morgan fingerprint density at radius 1 is 1.03 bits per heavy atom. The van der Waals surface area contributed by atoms with Crippen molar-refractivity contribution in [1.29, 1.82) is 0 Å². The van der Waals surface area contributed by atoms with E-state index in [-0.39, 0.29) is 11.7 Å². The number of amides is 1. The van der Waals surface area contributed by atoms with Crippen molar-refractivity contribution in [3.8, 4) is 5.75 Å². The molecular weight excluding hydrogens is 398 g/mol. The summed E-state index contributed by atoms with van der Waals surface area (Å²) in [5.41, 5.74) is 2.16. The van der Waals surface area contributed by atoms with Crippen LogP contribution < -0.4 is 4.90 Å². The average molecular weight is 424 g/mol. The van der Waals surface area contributed by atoms with Gasteiger partial charge in [-0.15, -0.1) is 10.2 Å². The van der Waals surface area contributed by atoms with E-state index in [4.69, 9.17) is 0 Å². The first-order chi connectivity index (χ1) is 14.6. The first-order valence-electron chi connectivity index (χ1n) is 9.98. The van der Waals surface area contributed by atoms with Crippen LogP contribution in [-0.2, 0) is 11.3 Å². The number of nitrogens with zero attached hydrogens (tertiary/aromatic N) is 5. The Bertz CT molecular complexity index is 1000. The fraction of sp³-hybridized carbons (Fsp3) is 0.318. The summed E-state index contributed by atoms with van der Waals surface area (Å²) in [4.78, 5) is 16.8. The van der Waals surface area contributed by atoms with E-state index in [1.807, 2.05) is 46.7 Å². The second-order valence-electron chi connectivity index (χ2n) is 7.28. The Morgan fingerprint density at radius 2 is 1.80 bits per heavy atom. The first kappa shape index (κ1) is 20.3. The van der Waals surface area contributed by atoms with Crippen molar-refractivity contribution in [3.05, 3.63) is 66.0 Å². The molecule has 2 heterocycles. The van der Waals surface area contributed by atoms with Gasteiger partial charge < -0.3 is 19.5 Å². The standard InChI is InChI=1S/C22H25N5O2S/c1-17-23-24-22(27(17)15-18-6-3-2-4-7-18)30-16-21(29)26-12-10-25(11-13-26)19-8-5-9-20(28)14-19/h2-9,14,28H,10-13,15-16H2,1H3. The van der Waals surface area contributed by atoms with Crippen LogP contribution in [0.4, 0.5) is 5.69 Å². The Kier molecular flexibility index (Phi) is 6.23. The molecule has 1 amide bonds. The zero-order valence-corrected chi connectivity index (χ0v) is 17.8. The minimum atomic E-state index is 0.113. The summed E-state index contributed by atoms with van der Waals surface area (Å²) in [6.45, 7) is 5.48. The highest BCUT2D eigenvalue weighted by atomic mass is 32.2. The summed E-state index contributed by atoms with van der Waals surface area (Å²) in [5.74, 6) is 1.56. The maximum atomic E-state index is 12.7. The van der Waals surface area contributed by atoms with Crippen LogP contribution in [0.1, 0.15) is 11.4 Å². The summed E-state index contributed by atoms with van der Waals surface area (Å²) < 4.78 is 2.05. The fourth-order valence-electron chi connectivity index (χ4n) is 3.54. The van der Waals surface area contributed by atoms with E-state index in [1.54, 1.807) is 12.1 Å². The van der Waals surface area contributed by atoms with Crippen molar-refractivity contribution >= 4 is 23.4 Å². The van der Waals surface area contributed by atoms with E-state index < -0.39 is 0 Å². The SMILES string of the molecule is Cc1nnc(SCC(=O)N2CCN(c3cccc(O)c3)CC2)n1Cc1ccccc1. The van der Waals surface area contributed by atoms with E-state index in [2.05, 4.69) is 27.2 Å². The highest BCUT2D eigenvalue weighted by Crippen LogP contribution is 2.22. The summed E-state index contributed by atoms with van der Waals surface area (Å²) in [5, 5.41) is 18.9. The zero-order valence-electron chi connectivity index (χ0n) is 16.9. The third-order valence-corrected chi connectivity index (χ3v) is 6.19. The van der Waals surface area contributed by atoms with Crippen molar-refractivity contribution in [1.82, 2.24) is 19.7 Å². The normalized spacial score (nSPS) is 14.2. The average Bonchev–Trinajstić information content (AvgIpc) is 3.12. The lowest BCUT2D eigenvalue weighted by molar-refractivity contribution is -0.128. The van der Waals surface area contributed by atoms with Gasteiger partial charge in [0.1, 0.15) is 11.6 Å².